The topological polar surface area (TPSA) is 70.4 Å². The summed E-state index contributed by atoms with van der Waals surface area (Å²) in [5.74, 6) is 1.11. The Balaban J connectivity index is 1.52. The number of urea groups is 1. The first-order valence-corrected chi connectivity index (χ1v) is 8.44. The lowest BCUT2D eigenvalue weighted by atomic mass is 9.98. The Labute approximate surface area is 142 Å². The van der Waals surface area contributed by atoms with Crippen molar-refractivity contribution in [1.82, 2.24) is 15.4 Å². The van der Waals surface area contributed by atoms with Crippen LogP contribution in [0, 0.1) is 6.92 Å². The molecule has 128 valence electrons. The van der Waals surface area contributed by atoms with Crippen LogP contribution in [0.15, 0.2) is 34.9 Å². The van der Waals surface area contributed by atoms with Gasteiger partial charge in [-0.15, -0.1) is 0 Å². The minimum atomic E-state index is -0.251. The summed E-state index contributed by atoms with van der Waals surface area (Å²) in [5.41, 5.74) is 2.83. The summed E-state index contributed by atoms with van der Waals surface area (Å²) in [5, 5.41) is 9.39. The number of anilines is 1. The van der Waals surface area contributed by atoms with Crippen molar-refractivity contribution in [3.63, 3.8) is 0 Å². The first-order valence-electron chi connectivity index (χ1n) is 8.44. The fourth-order valence-electron chi connectivity index (χ4n) is 3.16. The summed E-state index contributed by atoms with van der Waals surface area (Å²) < 4.78 is 4.94. The minimum absolute atomic E-state index is 0.251. The number of hydrogen-bond acceptors (Lipinski definition) is 4. The molecule has 2 aromatic rings. The molecule has 2 amide bonds. The van der Waals surface area contributed by atoms with E-state index in [0.717, 1.165) is 25.9 Å². The van der Waals surface area contributed by atoms with Crippen molar-refractivity contribution < 1.29 is 9.32 Å². The van der Waals surface area contributed by atoms with Crippen molar-refractivity contribution in [2.75, 3.05) is 18.4 Å². The van der Waals surface area contributed by atoms with Crippen molar-refractivity contribution >= 4 is 11.8 Å². The van der Waals surface area contributed by atoms with Crippen LogP contribution in [-0.2, 0) is 13.0 Å². The lowest BCUT2D eigenvalue weighted by Gasteiger charge is -2.35. The molecule has 1 aliphatic rings. The van der Waals surface area contributed by atoms with Gasteiger partial charge in [0.1, 0.15) is 5.76 Å². The average Bonchev–Trinajstić information content (AvgIpc) is 3.00. The summed E-state index contributed by atoms with van der Waals surface area (Å²) in [6.07, 6.45) is 2.06. The number of nitrogens with one attached hydrogen (secondary N) is 2. The monoisotopic (exact) mass is 328 g/mol. The van der Waals surface area contributed by atoms with Gasteiger partial charge in [-0.05, 0) is 30.9 Å². The van der Waals surface area contributed by atoms with Crippen LogP contribution in [0.5, 0.6) is 0 Å². The van der Waals surface area contributed by atoms with E-state index in [1.54, 1.807) is 13.0 Å². The number of amides is 2. The third-order valence-electron chi connectivity index (χ3n) is 4.52. The van der Waals surface area contributed by atoms with Gasteiger partial charge in [0.2, 0.25) is 0 Å². The van der Waals surface area contributed by atoms with E-state index in [4.69, 9.17) is 4.52 Å². The Morgan fingerprint density at radius 1 is 1.38 bits per heavy atom. The van der Waals surface area contributed by atoms with Gasteiger partial charge in [0.25, 0.3) is 0 Å². The van der Waals surface area contributed by atoms with Crippen LogP contribution in [0.1, 0.15) is 30.2 Å². The number of carbonyl (C=O) groups excluding carboxylic acids is 1. The van der Waals surface area contributed by atoms with Crippen molar-refractivity contribution in [1.29, 1.82) is 0 Å². The fraction of sp³-hybridized carbons (Fsp3) is 0.444. The van der Waals surface area contributed by atoms with Gasteiger partial charge in [0.15, 0.2) is 5.82 Å². The van der Waals surface area contributed by atoms with Crippen molar-refractivity contribution in [2.45, 2.75) is 39.3 Å². The number of nitrogens with zero attached hydrogens (tertiary/aromatic N) is 2. The Morgan fingerprint density at radius 2 is 2.17 bits per heavy atom. The van der Waals surface area contributed by atoms with Gasteiger partial charge in [0, 0.05) is 31.7 Å². The fourth-order valence-corrected chi connectivity index (χ4v) is 3.16. The molecule has 0 aliphatic carbocycles. The maximum atomic E-state index is 12.0. The molecule has 1 aromatic carbocycles. The van der Waals surface area contributed by atoms with Crippen molar-refractivity contribution in [3.05, 3.63) is 47.2 Å². The van der Waals surface area contributed by atoms with E-state index in [1.807, 2.05) is 0 Å². The molecular formula is C18H24N4O2. The third-order valence-corrected chi connectivity index (χ3v) is 4.52. The Hall–Kier alpha value is -2.34. The van der Waals surface area contributed by atoms with E-state index in [1.165, 1.54) is 11.1 Å². The minimum Gasteiger partial charge on any atom is -0.360 e. The number of fused-ring (bicyclic) bond motifs is 1. The predicted octanol–water partition coefficient (Wildman–Crippen LogP) is 2.94. The number of rotatable bonds is 5. The predicted molar refractivity (Wildman–Crippen MR) is 92.9 cm³/mol. The highest BCUT2D eigenvalue weighted by Crippen LogP contribution is 2.21. The Kier molecular flexibility index (Phi) is 5.15. The largest absolute Gasteiger partial charge is 0.360 e. The number of aromatic nitrogens is 1. The first kappa shape index (κ1) is 16.5. The molecule has 1 aromatic heterocycles. The van der Waals surface area contributed by atoms with Crippen LogP contribution in [0.4, 0.5) is 10.6 Å². The number of hydrogen-bond donors (Lipinski definition) is 2. The van der Waals surface area contributed by atoms with E-state index in [-0.39, 0.29) is 6.03 Å². The van der Waals surface area contributed by atoms with Crippen LogP contribution >= 0.6 is 0 Å². The van der Waals surface area contributed by atoms with Crippen LogP contribution in [0.25, 0.3) is 0 Å². The summed E-state index contributed by atoms with van der Waals surface area (Å²) in [7, 11) is 0. The zero-order valence-corrected chi connectivity index (χ0v) is 14.2. The number of aryl methyl sites for hydroxylation is 1. The summed E-state index contributed by atoms with van der Waals surface area (Å²) in [6.45, 7) is 6.53. The average molecular weight is 328 g/mol. The molecule has 2 N–H and O–H groups in total. The molecule has 3 rings (SSSR count). The third kappa shape index (κ3) is 3.94. The van der Waals surface area contributed by atoms with Gasteiger partial charge in [-0.2, -0.15) is 0 Å². The summed E-state index contributed by atoms with van der Waals surface area (Å²) in [4.78, 5) is 14.4. The molecule has 0 fully saturated rings. The van der Waals surface area contributed by atoms with E-state index in [2.05, 4.69) is 51.9 Å². The molecule has 1 aliphatic heterocycles. The van der Waals surface area contributed by atoms with E-state index in [9.17, 15) is 4.79 Å². The van der Waals surface area contributed by atoms with Crippen LogP contribution in [0.2, 0.25) is 0 Å². The second kappa shape index (κ2) is 7.49. The zero-order chi connectivity index (χ0) is 16.9. The van der Waals surface area contributed by atoms with Gasteiger partial charge in [0.05, 0.1) is 0 Å². The number of benzene rings is 1. The summed E-state index contributed by atoms with van der Waals surface area (Å²) >= 11 is 0. The smallest absolute Gasteiger partial charge is 0.320 e. The van der Waals surface area contributed by atoms with Crippen molar-refractivity contribution in [2.24, 2.45) is 0 Å². The molecule has 2 heterocycles. The molecule has 24 heavy (non-hydrogen) atoms. The quantitative estimate of drug-likeness (QED) is 0.885. The van der Waals surface area contributed by atoms with Crippen LogP contribution in [0.3, 0.4) is 0 Å². The molecule has 0 saturated heterocycles. The molecule has 0 saturated carbocycles. The van der Waals surface area contributed by atoms with E-state index in [0.29, 0.717) is 24.2 Å². The van der Waals surface area contributed by atoms with E-state index >= 15 is 0 Å². The molecule has 6 nitrogen and oxygen atoms in total. The summed E-state index contributed by atoms with van der Waals surface area (Å²) in [6, 6.07) is 10.4. The van der Waals surface area contributed by atoms with Crippen LogP contribution < -0.4 is 10.6 Å². The molecule has 0 radical (unpaired) electrons. The normalized spacial score (nSPS) is 15.6. The van der Waals surface area contributed by atoms with Gasteiger partial charge < -0.3 is 9.84 Å². The Morgan fingerprint density at radius 3 is 2.88 bits per heavy atom. The SMILES string of the molecule is CC[C@H](CNC(=O)Nc1cc(C)on1)N1CCc2ccccc2C1. The van der Waals surface area contributed by atoms with Gasteiger partial charge >= 0.3 is 6.03 Å². The highest BCUT2D eigenvalue weighted by molar-refractivity contribution is 5.88. The maximum absolute atomic E-state index is 12.0. The molecule has 0 bridgehead atoms. The molecule has 6 heteroatoms. The van der Waals surface area contributed by atoms with E-state index < -0.39 is 0 Å². The maximum Gasteiger partial charge on any atom is 0.320 e. The highest BCUT2D eigenvalue weighted by Gasteiger charge is 2.22. The first-order chi connectivity index (χ1) is 11.7. The van der Waals surface area contributed by atoms with Crippen molar-refractivity contribution in [3.8, 4) is 0 Å². The zero-order valence-electron chi connectivity index (χ0n) is 14.2. The van der Waals surface area contributed by atoms with Crippen LogP contribution in [-0.4, -0.2) is 35.2 Å². The molecular weight excluding hydrogens is 304 g/mol. The molecule has 0 spiro atoms. The lowest BCUT2D eigenvalue weighted by Crippen LogP contribution is -2.46. The van der Waals surface area contributed by atoms with Gasteiger partial charge in [-0.1, -0.05) is 36.3 Å². The lowest BCUT2D eigenvalue weighted by molar-refractivity contribution is 0.170. The second-order valence-corrected chi connectivity index (χ2v) is 6.21. The molecule has 0 unspecified atom stereocenters. The second-order valence-electron chi connectivity index (χ2n) is 6.21. The highest BCUT2D eigenvalue weighted by atomic mass is 16.5. The van der Waals surface area contributed by atoms with Gasteiger partial charge in [-0.25, -0.2) is 4.79 Å². The molecule has 1 atom stereocenters. The van der Waals surface area contributed by atoms with Gasteiger partial charge in [-0.3, -0.25) is 10.2 Å². The standard InChI is InChI=1S/C18H24N4O2/c1-3-16(11-19-18(23)20-17-10-13(2)24-21-17)22-9-8-14-6-4-5-7-15(14)12-22/h4-7,10,16H,3,8-9,11-12H2,1-2H3,(H2,19,20,21,23)/t16-/m1/s1. The Bertz CT molecular complexity index is 698. The number of carbonyl (C=O) groups is 1.